The van der Waals surface area contributed by atoms with Crippen molar-refractivity contribution in [2.45, 2.75) is 38.6 Å². The summed E-state index contributed by atoms with van der Waals surface area (Å²) in [5.41, 5.74) is 3.54. The number of hydrogen-bond acceptors (Lipinski definition) is 4. The molecule has 148 valence electrons. The maximum atomic E-state index is 12.9. The molecule has 1 saturated heterocycles. The topological polar surface area (TPSA) is 58.4 Å². The lowest BCUT2D eigenvalue weighted by Crippen LogP contribution is -2.48. The van der Waals surface area contributed by atoms with Gasteiger partial charge in [0.2, 0.25) is 10.0 Å². The first-order valence-electron chi connectivity index (χ1n) is 9.56. The van der Waals surface area contributed by atoms with Crippen molar-refractivity contribution < 1.29 is 8.42 Å². The maximum Gasteiger partial charge on any atom is 0.243 e. The van der Waals surface area contributed by atoms with Crippen LogP contribution in [0.25, 0.3) is 0 Å². The molecule has 1 fully saturated rings. The molecule has 0 atom stereocenters. The Morgan fingerprint density at radius 1 is 1.07 bits per heavy atom. The predicted molar refractivity (Wildman–Crippen MR) is 107 cm³/mol. The van der Waals surface area contributed by atoms with Gasteiger partial charge in [0.15, 0.2) is 0 Å². The molecule has 2 heterocycles. The second kappa shape index (κ2) is 8.12. The summed E-state index contributed by atoms with van der Waals surface area (Å²) in [6, 6.07) is 7.37. The van der Waals surface area contributed by atoms with Crippen LogP contribution in [-0.4, -0.2) is 53.6 Å². The van der Waals surface area contributed by atoms with Gasteiger partial charge in [0, 0.05) is 51.0 Å². The van der Waals surface area contributed by atoms with Gasteiger partial charge < -0.3 is 0 Å². The van der Waals surface area contributed by atoms with E-state index in [-0.39, 0.29) is 0 Å². The van der Waals surface area contributed by atoms with Crippen molar-refractivity contribution >= 4 is 10.0 Å². The zero-order chi connectivity index (χ0) is 19.6. The molecule has 1 aliphatic heterocycles. The van der Waals surface area contributed by atoms with E-state index in [1.807, 2.05) is 30.1 Å². The molecule has 0 spiro atoms. The van der Waals surface area contributed by atoms with Gasteiger partial charge in [-0.05, 0) is 37.0 Å². The minimum Gasteiger partial charge on any atom is -0.296 e. The molecule has 1 aliphatic rings. The summed E-state index contributed by atoms with van der Waals surface area (Å²) in [7, 11) is -1.48. The fraction of sp³-hybridized carbons (Fsp3) is 0.550. The van der Waals surface area contributed by atoms with Gasteiger partial charge in [-0.25, -0.2) is 8.42 Å². The van der Waals surface area contributed by atoms with Gasteiger partial charge in [0.05, 0.1) is 11.1 Å². The lowest BCUT2D eigenvalue weighted by molar-refractivity contribution is 0.181. The number of nitrogens with zero attached hydrogens (tertiary/aromatic N) is 4. The second-order valence-electron chi connectivity index (χ2n) is 7.80. The molecule has 3 rings (SSSR count). The number of aryl methyl sites for hydroxylation is 1. The molecule has 1 aromatic heterocycles. The Hall–Kier alpha value is -1.70. The highest BCUT2D eigenvalue weighted by Gasteiger charge is 2.28. The van der Waals surface area contributed by atoms with Crippen LogP contribution in [0.4, 0.5) is 0 Å². The van der Waals surface area contributed by atoms with Crippen LogP contribution in [0.5, 0.6) is 0 Å². The molecule has 0 bridgehead atoms. The van der Waals surface area contributed by atoms with Gasteiger partial charge in [-0.3, -0.25) is 9.58 Å². The molecule has 27 heavy (non-hydrogen) atoms. The third-order valence-corrected chi connectivity index (χ3v) is 7.18. The second-order valence-corrected chi connectivity index (χ2v) is 9.74. The Morgan fingerprint density at radius 3 is 2.22 bits per heavy atom. The van der Waals surface area contributed by atoms with Crippen LogP contribution in [0.1, 0.15) is 30.7 Å². The molecule has 0 aliphatic carbocycles. The lowest BCUT2D eigenvalue weighted by Gasteiger charge is -2.33. The normalized spacial score (nSPS) is 16.9. The average molecular weight is 391 g/mol. The van der Waals surface area contributed by atoms with Gasteiger partial charge in [-0.1, -0.05) is 26.0 Å². The number of aromatic nitrogens is 2. The summed E-state index contributed by atoms with van der Waals surface area (Å²) in [6.45, 7) is 9.72. The zero-order valence-corrected chi connectivity index (χ0v) is 17.5. The molecular formula is C20H30N4O2S. The Balaban J connectivity index is 1.61. The fourth-order valence-electron chi connectivity index (χ4n) is 3.49. The van der Waals surface area contributed by atoms with Gasteiger partial charge in [-0.2, -0.15) is 9.40 Å². The predicted octanol–water partition coefficient (Wildman–Crippen LogP) is 2.43. The molecule has 0 saturated carbocycles. The summed E-state index contributed by atoms with van der Waals surface area (Å²) in [4.78, 5) is 2.69. The minimum absolute atomic E-state index is 0.395. The van der Waals surface area contributed by atoms with Gasteiger partial charge >= 0.3 is 0 Å². The number of benzene rings is 1. The number of piperazine rings is 1. The van der Waals surface area contributed by atoms with E-state index >= 15 is 0 Å². The average Bonchev–Trinajstić information content (AvgIpc) is 2.94. The van der Waals surface area contributed by atoms with E-state index in [1.165, 1.54) is 11.1 Å². The Labute approximate surface area is 162 Å². The number of rotatable bonds is 6. The highest BCUT2D eigenvalue weighted by Crippen LogP contribution is 2.20. The highest BCUT2D eigenvalue weighted by atomic mass is 32.2. The molecule has 7 heteroatoms. The standard InChI is InChI=1S/C20H30N4O2S/c1-16(2)13-18-5-7-20(8-6-18)27(25,26)24-11-9-23(10-12-24)15-19-14-21-22(4)17(19)3/h5-8,14,16H,9-13,15H2,1-4H3. The first-order valence-corrected chi connectivity index (χ1v) is 11.0. The van der Waals surface area contributed by atoms with Gasteiger partial charge in [0.25, 0.3) is 0 Å². The van der Waals surface area contributed by atoms with Crippen molar-refractivity contribution in [3.05, 3.63) is 47.3 Å². The molecule has 2 aromatic rings. The SMILES string of the molecule is Cc1c(CN2CCN(S(=O)(=O)c3ccc(CC(C)C)cc3)CC2)cnn1C. The van der Waals surface area contributed by atoms with E-state index in [0.29, 0.717) is 23.9 Å². The zero-order valence-electron chi connectivity index (χ0n) is 16.7. The molecule has 1 aromatic carbocycles. The van der Waals surface area contributed by atoms with Gasteiger partial charge in [0.1, 0.15) is 0 Å². The van der Waals surface area contributed by atoms with Crippen molar-refractivity contribution in [1.29, 1.82) is 0 Å². The molecular weight excluding hydrogens is 360 g/mol. The Morgan fingerprint density at radius 2 is 1.70 bits per heavy atom. The first kappa shape index (κ1) is 20.0. The minimum atomic E-state index is -3.42. The van der Waals surface area contributed by atoms with Crippen LogP contribution in [0, 0.1) is 12.8 Å². The van der Waals surface area contributed by atoms with E-state index in [4.69, 9.17) is 0 Å². The first-order chi connectivity index (χ1) is 12.8. The maximum absolute atomic E-state index is 12.9. The van der Waals surface area contributed by atoms with Crippen molar-refractivity contribution in [3.63, 3.8) is 0 Å². The van der Waals surface area contributed by atoms with Gasteiger partial charge in [-0.15, -0.1) is 0 Å². The van der Waals surface area contributed by atoms with E-state index in [9.17, 15) is 8.42 Å². The Kier molecular flexibility index (Phi) is 6.03. The highest BCUT2D eigenvalue weighted by molar-refractivity contribution is 7.89. The van der Waals surface area contributed by atoms with Crippen LogP contribution < -0.4 is 0 Å². The smallest absolute Gasteiger partial charge is 0.243 e. The van der Waals surface area contributed by atoms with Crippen molar-refractivity contribution in [1.82, 2.24) is 19.0 Å². The fourth-order valence-corrected chi connectivity index (χ4v) is 4.91. The quantitative estimate of drug-likeness (QED) is 0.760. The van der Waals surface area contributed by atoms with Crippen LogP contribution in [-0.2, 0) is 30.0 Å². The van der Waals surface area contributed by atoms with Crippen LogP contribution in [0.3, 0.4) is 0 Å². The van der Waals surface area contributed by atoms with Crippen molar-refractivity contribution in [2.24, 2.45) is 13.0 Å². The van der Waals surface area contributed by atoms with E-state index < -0.39 is 10.0 Å². The third kappa shape index (κ3) is 4.59. The number of hydrogen-bond donors (Lipinski definition) is 0. The summed E-state index contributed by atoms with van der Waals surface area (Å²) in [5, 5.41) is 4.28. The molecule has 0 amide bonds. The van der Waals surface area contributed by atoms with E-state index in [1.54, 1.807) is 16.4 Å². The van der Waals surface area contributed by atoms with Crippen molar-refractivity contribution in [2.75, 3.05) is 26.2 Å². The molecule has 6 nitrogen and oxygen atoms in total. The van der Waals surface area contributed by atoms with Crippen LogP contribution >= 0.6 is 0 Å². The summed E-state index contributed by atoms with van der Waals surface area (Å²) >= 11 is 0. The summed E-state index contributed by atoms with van der Waals surface area (Å²) in [6.07, 6.45) is 2.87. The summed E-state index contributed by atoms with van der Waals surface area (Å²) < 4.78 is 29.4. The molecule has 0 N–H and O–H groups in total. The molecule has 0 radical (unpaired) electrons. The van der Waals surface area contributed by atoms with E-state index in [2.05, 4.69) is 30.8 Å². The Bertz CT molecular complexity index is 864. The number of sulfonamides is 1. The largest absolute Gasteiger partial charge is 0.296 e. The van der Waals surface area contributed by atoms with Crippen molar-refractivity contribution in [3.8, 4) is 0 Å². The van der Waals surface area contributed by atoms with E-state index in [0.717, 1.165) is 31.7 Å². The van der Waals surface area contributed by atoms with Crippen LogP contribution in [0.2, 0.25) is 0 Å². The summed E-state index contributed by atoms with van der Waals surface area (Å²) in [5.74, 6) is 0.559. The monoisotopic (exact) mass is 390 g/mol. The molecule has 0 unspecified atom stereocenters. The third-order valence-electron chi connectivity index (χ3n) is 5.27. The lowest BCUT2D eigenvalue weighted by atomic mass is 10.0. The van der Waals surface area contributed by atoms with Crippen LogP contribution in [0.15, 0.2) is 35.4 Å².